The van der Waals surface area contributed by atoms with Crippen molar-refractivity contribution in [2.75, 3.05) is 6.61 Å². The van der Waals surface area contributed by atoms with Crippen LogP contribution < -0.4 is 4.74 Å². The molecule has 2 aromatic heterocycles. The zero-order valence-electron chi connectivity index (χ0n) is 25.0. The summed E-state index contributed by atoms with van der Waals surface area (Å²) in [6, 6.07) is 13.5. The highest BCUT2D eigenvalue weighted by Gasteiger charge is 2.22. The smallest absolute Gasteiger partial charge is 0.338 e. The van der Waals surface area contributed by atoms with Crippen LogP contribution in [0.15, 0.2) is 53.2 Å². The number of rotatable bonds is 14. The molecule has 0 saturated carbocycles. The summed E-state index contributed by atoms with van der Waals surface area (Å²) in [6.45, 7) is 9.92. The fourth-order valence-electron chi connectivity index (χ4n) is 4.82. The molecule has 0 radical (unpaired) electrons. The maximum atomic E-state index is 12.7. The van der Waals surface area contributed by atoms with E-state index in [0.29, 0.717) is 22.8 Å². The quantitative estimate of drug-likeness (QED) is 0.127. The molecule has 1 N–H and O–H groups in total. The fourth-order valence-corrected chi connectivity index (χ4v) is 4.82. The Morgan fingerprint density at radius 3 is 2.46 bits per heavy atom. The van der Waals surface area contributed by atoms with Gasteiger partial charge in [0.1, 0.15) is 24.1 Å². The molecule has 8 heteroatoms. The number of aromatic nitrogens is 3. The van der Waals surface area contributed by atoms with E-state index in [1.54, 1.807) is 19.1 Å². The highest BCUT2D eigenvalue weighted by molar-refractivity contribution is 6.00. The van der Waals surface area contributed by atoms with E-state index in [-0.39, 0.29) is 13.2 Å². The number of benzene rings is 2. The molecule has 0 aliphatic rings. The molecule has 0 amide bonds. The molecule has 1 atom stereocenters. The van der Waals surface area contributed by atoms with Crippen LogP contribution in [0.1, 0.15) is 88.0 Å². The van der Waals surface area contributed by atoms with Crippen molar-refractivity contribution in [1.82, 2.24) is 14.7 Å². The molecule has 2 aromatic carbocycles. The number of esters is 1. The SMILES string of the molecule is CCCCCCCCc1ccc(OCC(O)Cn2cc(-c3nc(C)no3)c3cc(C(=O)OC(C)(C)C)ccc32)cc1. The second-order valence-electron chi connectivity index (χ2n) is 11.7. The highest BCUT2D eigenvalue weighted by atomic mass is 16.6. The lowest BCUT2D eigenvalue weighted by Gasteiger charge is -2.19. The summed E-state index contributed by atoms with van der Waals surface area (Å²) in [6.07, 6.45) is 9.88. The molecule has 0 saturated heterocycles. The number of nitrogens with zero attached hydrogens (tertiary/aromatic N) is 3. The van der Waals surface area contributed by atoms with Crippen molar-refractivity contribution in [3.63, 3.8) is 0 Å². The Kier molecular flexibility index (Phi) is 10.2. The number of aliphatic hydroxyl groups is 1. The van der Waals surface area contributed by atoms with Crippen LogP contribution in [0.5, 0.6) is 5.75 Å². The summed E-state index contributed by atoms with van der Waals surface area (Å²) >= 11 is 0. The van der Waals surface area contributed by atoms with E-state index in [2.05, 4.69) is 29.2 Å². The third kappa shape index (κ3) is 8.67. The summed E-state index contributed by atoms with van der Waals surface area (Å²) in [5.74, 6) is 1.18. The van der Waals surface area contributed by atoms with E-state index in [4.69, 9.17) is 14.0 Å². The predicted molar refractivity (Wildman–Crippen MR) is 160 cm³/mol. The van der Waals surface area contributed by atoms with Gasteiger partial charge in [0.25, 0.3) is 5.89 Å². The van der Waals surface area contributed by atoms with Gasteiger partial charge in [0.2, 0.25) is 0 Å². The molecule has 41 heavy (non-hydrogen) atoms. The number of carbonyl (C=O) groups excluding carboxylic acids is 1. The van der Waals surface area contributed by atoms with Crippen LogP contribution in [-0.4, -0.2) is 44.1 Å². The first-order valence-electron chi connectivity index (χ1n) is 14.7. The minimum atomic E-state index is -0.767. The van der Waals surface area contributed by atoms with Crippen molar-refractivity contribution < 1.29 is 23.9 Å². The van der Waals surface area contributed by atoms with E-state index < -0.39 is 17.7 Å². The maximum absolute atomic E-state index is 12.7. The van der Waals surface area contributed by atoms with Crippen LogP contribution >= 0.6 is 0 Å². The van der Waals surface area contributed by atoms with Gasteiger partial charge in [-0.2, -0.15) is 4.98 Å². The molecule has 1 unspecified atom stereocenters. The van der Waals surface area contributed by atoms with Gasteiger partial charge in [0, 0.05) is 17.1 Å². The zero-order chi connectivity index (χ0) is 29.4. The minimum absolute atomic E-state index is 0.140. The predicted octanol–water partition coefficient (Wildman–Crippen LogP) is 7.30. The van der Waals surface area contributed by atoms with Gasteiger partial charge in [-0.3, -0.25) is 0 Å². The molecule has 0 spiro atoms. The Bertz CT molecular complexity index is 1420. The Balaban J connectivity index is 1.41. The maximum Gasteiger partial charge on any atom is 0.338 e. The van der Waals surface area contributed by atoms with E-state index in [1.807, 2.05) is 49.7 Å². The molecule has 0 fully saturated rings. The first-order chi connectivity index (χ1) is 19.6. The molecule has 4 aromatic rings. The summed E-state index contributed by atoms with van der Waals surface area (Å²) in [5.41, 5.74) is 2.62. The number of carbonyl (C=O) groups is 1. The first-order valence-corrected chi connectivity index (χ1v) is 14.7. The lowest BCUT2D eigenvalue weighted by atomic mass is 10.0. The van der Waals surface area contributed by atoms with Gasteiger partial charge in [0.15, 0.2) is 5.82 Å². The van der Waals surface area contributed by atoms with Gasteiger partial charge in [-0.25, -0.2) is 4.79 Å². The molecule has 0 bridgehead atoms. The number of fused-ring (bicyclic) bond motifs is 1. The molecule has 220 valence electrons. The van der Waals surface area contributed by atoms with Crippen LogP contribution in [0.2, 0.25) is 0 Å². The van der Waals surface area contributed by atoms with Gasteiger partial charge in [-0.15, -0.1) is 0 Å². The van der Waals surface area contributed by atoms with Crippen molar-refractivity contribution in [3.05, 3.63) is 65.6 Å². The molecule has 4 rings (SSSR count). The number of aliphatic hydroxyl groups excluding tert-OH is 1. The van der Waals surface area contributed by atoms with Gasteiger partial charge in [-0.1, -0.05) is 56.3 Å². The molecule has 8 nitrogen and oxygen atoms in total. The number of unbranched alkanes of at least 4 members (excludes halogenated alkanes) is 5. The van der Waals surface area contributed by atoms with Gasteiger partial charge < -0.3 is 23.7 Å². The Morgan fingerprint density at radius 2 is 1.78 bits per heavy atom. The lowest BCUT2D eigenvalue weighted by Crippen LogP contribution is -2.24. The normalized spacial score (nSPS) is 12.5. The summed E-state index contributed by atoms with van der Waals surface area (Å²) in [5, 5.41) is 15.5. The summed E-state index contributed by atoms with van der Waals surface area (Å²) in [4.78, 5) is 17.1. The molecule has 2 heterocycles. The third-order valence-corrected chi connectivity index (χ3v) is 6.87. The van der Waals surface area contributed by atoms with E-state index in [9.17, 15) is 9.90 Å². The topological polar surface area (TPSA) is 99.6 Å². The second-order valence-corrected chi connectivity index (χ2v) is 11.7. The van der Waals surface area contributed by atoms with Crippen LogP contribution in [0.25, 0.3) is 22.4 Å². The van der Waals surface area contributed by atoms with Crippen molar-refractivity contribution >= 4 is 16.9 Å². The standard InChI is InChI=1S/C33H43N3O5/c1-6-7-8-9-10-11-12-24-13-16-27(17-14-24)39-22-26(37)20-36-21-29(31-34-23(2)35-41-31)28-19-25(15-18-30(28)36)32(38)40-33(3,4)5/h13-19,21,26,37H,6-12,20,22H2,1-5H3. The monoisotopic (exact) mass is 561 g/mol. The Hall–Kier alpha value is -3.65. The molecule has 0 aliphatic heterocycles. The summed E-state index contributed by atoms with van der Waals surface area (Å²) < 4.78 is 18.8. The van der Waals surface area contributed by atoms with Crippen LogP contribution in [0, 0.1) is 6.92 Å². The van der Waals surface area contributed by atoms with Crippen LogP contribution in [0.4, 0.5) is 0 Å². The number of aryl methyl sites for hydroxylation is 2. The third-order valence-electron chi connectivity index (χ3n) is 6.87. The largest absolute Gasteiger partial charge is 0.491 e. The van der Waals surface area contributed by atoms with Gasteiger partial charge in [0.05, 0.1) is 17.7 Å². The van der Waals surface area contributed by atoms with E-state index in [0.717, 1.165) is 23.1 Å². The Labute approximate surface area is 242 Å². The van der Waals surface area contributed by atoms with Gasteiger partial charge >= 0.3 is 5.97 Å². The van der Waals surface area contributed by atoms with Gasteiger partial charge in [-0.05, 0) is 76.4 Å². The van der Waals surface area contributed by atoms with Crippen molar-refractivity contribution in [1.29, 1.82) is 0 Å². The van der Waals surface area contributed by atoms with Crippen LogP contribution in [0.3, 0.4) is 0 Å². The average molecular weight is 562 g/mol. The van der Waals surface area contributed by atoms with Crippen LogP contribution in [-0.2, 0) is 17.7 Å². The zero-order valence-corrected chi connectivity index (χ0v) is 25.0. The highest BCUT2D eigenvalue weighted by Crippen LogP contribution is 2.31. The first kappa shape index (κ1) is 30.3. The molecular weight excluding hydrogens is 518 g/mol. The van der Waals surface area contributed by atoms with E-state index >= 15 is 0 Å². The van der Waals surface area contributed by atoms with E-state index in [1.165, 1.54) is 44.1 Å². The number of hydrogen-bond donors (Lipinski definition) is 1. The molecular formula is C33H43N3O5. The lowest BCUT2D eigenvalue weighted by molar-refractivity contribution is 0.00696. The van der Waals surface area contributed by atoms with Crippen molar-refractivity contribution in [2.24, 2.45) is 0 Å². The number of hydrogen-bond acceptors (Lipinski definition) is 7. The fraction of sp³-hybridized carbons (Fsp3) is 0.485. The average Bonchev–Trinajstić information content (AvgIpc) is 3.52. The van der Waals surface area contributed by atoms with Crippen molar-refractivity contribution in [3.8, 4) is 17.2 Å². The number of ether oxygens (including phenoxy) is 2. The molecule has 0 aliphatic carbocycles. The van der Waals surface area contributed by atoms with Crippen molar-refractivity contribution in [2.45, 2.75) is 97.8 Å². The minimum Gasteiger partial charge on any atom is -0.491 e. The second kappa shape index (κ2) is 13.8. The Morgan fingerprint density at radius 1 is 1.05 bits per heavy atom. The summed E-state index contributed by atoms with van der Waals surface area (Å²) in [7, 11) is 0.